The predicted molar refractivity (Wildman–Crippen MR) is 79.4 cm³/mol. The molecule has 20 heavy (non-hydrogen) atoms. The van der Waals surface area contributed by atoms with Crippen LogP contribution >= 0.6 is 0 Å². The van der Waals surface area contributed by atoms with Crippen LogP contribution in [0.4, 0.5) is 0 Å². The Labute approximate surface area is 120 Å². The molecular weight excluding hydrogens is 254 g/mol. The maximum absolute atomic E-state index is 10.9. The fraction of sp³-hybridized carbons (Fsp3) is 0.562. The Morgan fingerprint density at radius 3 is 1.90 bits per heavy atom. The number of amides is 1. The van der Waals surface area contributed by atoms with Crippen LogP contribution in [0.5, 0.6) is 0 Å². The lowest BCUT2D eigenvalue weighted by atomic mass is 9.84. The highest BCUT2D eigenvalue weighted by molar-refractivity contribution is 5.74. The Hall–Kier alpha value is -1.39. The van der Waals surface area contributed by atoms with Gasteiger partial charge in [0.25, 0.3) is 0 Å². The summed E-state index contributed by atoms with van der Waals surface area (Å²) in [5, 5.41) is 20.4. The Morgan fingerprint density at radius 2 is 1.55 bits per heavy atom. The zero-order valence-electron chi connectivity index (χ0n) is 12.6. The van der Waals surface area contributed by atoms with Gasteiger partial charge in [0.1, 0.15) is 6.10 Å². The van der Waals surface area contributed by atoms with E-state index in [-0.39, 0.29) is 18.3 Å². The van der Waals surface area contributed by atoms with Crippen molar-refractivity contribution in [1.82, 2.24) is 0 Å². The van der Waals surface area contributed by atoms with Crippen molar-refractivity contribution in [2.75, 3.05) is 0 Å². The summed E-state index contributed by atoms with van der Waals surface area (Å²) in [7, 11) is 0. The first-order chi connectivity index (χ1) is 9.25. The Bertz CT molecular complexity index is 443. The van der Waals surface area contributed by atoms with Crippen LogP contribution in [0.2, 0.25) is 0 Å². The van der Waals surface area contributed by atoms with Crippen molar-refractivity contribution >= 4 is 5.91 Å². The third-order valence-electron chi connectivity index (χ3n) is 3.49. The largest absolute Gasteiger partial charge is 0.390 e. The van der Waals surface area contributed by atoms with Crippen LogP contribution in [-0.2, 0) is 4.79 Å². The van der Waals surface area contributed by atoms with Crippen molar-refractivity contribution in [2.24, 2.45) is 5.73 Å². The molecule has 2 unspecified atom stereocenters. The molecule has 4 nitrogen and oxygen atoms in total. The van der Waals surface area contributed by atoms with E-state index in [9.17, 15) is 15.0 Å². The van der Waals surface area contributed by atoms with Crippen LogP contribution in [-0.4, -0.2) is 22.2 Å². The van der Waals surface area contributed by atoms with E-state index < -0.39 is 18.1 Å². The summed E-state index contributed by atoms with van der Waals surface area (Å²) in [5.74, 6) is -0.178. The van der Waals surface area contributed by atoms with Gasteiger partial charge >= 0.3 is 0 Å². The molecule has 0 aromatic heterocycles. The first kappa shape index (κ1) is 16.7. The number of aliphatic hydroxyl groups excluding tert-OH is 2. The minimum atomic E-state index is -1.18. The molecule has 0 aliphatic carbocycles. The predicted octanol–water partition coefficient (Wildman–Crippen LogP) is 2.20. The third-order valence-corrected chi connectivity index (χ3v) is 3.49. The molecule has 2 atom stereocenters. The first-order valence-electron chi connectivity index (χ1n) is 7.02. The second-order valence-corrected chi connectivity index (χ2v) is 5.84. The van der Waals surface area contributed by atoms with E-state index in [1.165, 1.54) is 0 Å². The molecule has 0 saturated heterocycles. The average molecular weight is 279 g/mol. The average Bonchev–Trinajstić information content (AvgIpc) is 2.35. The van der Waals surface area contributed by atoms with E-state index in [0.29, 0.717) is 0 Å². The number of rotatable bonds is 6. The van der Waals surface area contributed by atoms with Crippen LogP contribution in [0.1, 0.15) is 68.7 Å². The molecule has 0 saturated carbocycles. The fourth-order valence-electron chi connectivity index (χ4n) is 2.46. The maximum Gasteiger partial charge on any atom is 0.220 e. The summed E-state index contributed by atoms with van der Waals surface area (Å²) in [4.78, 5) is 10.9. The first-order valence-corrected chi connectivity index (χ1v) is 7.02. The number of carbonyl (C=O) groups is 1. The van der Waals surface area contributed by atoms with Gasteiger partial charge in [0.15, 0.2) is 0 Å². The van der Waals surface area contributed by atoms with Gasteiger partial charge < -0.3 is 15.9 Å². The quantitative estimate of drug-likeness (QED) is 0.746. The number of hydrogen-bond acceptors (Lipinski definition) is 3. The Kier molecular flexibility index (Phi) is 5.72. The minimum Gasteiger partial charge on any atom is -0.390 e. The summed E-state index contributed by atoms with van der Waals surface area (Å²) in [5.41, 5.74) is 7.81. The summed E-state index contributed by atoms with van der Waals surface area (Å²) < 4.78 is 0. The lowest BCUT2D eigenvalue weighted by Crippen LogP contribution is -2.27. The van der Waals surface area contributed by atoms with Crippen molar-refractivity contribution < 1.29 is 15.0 Å². The summed E-state index contributed by atoms with van der Waals surface area (Å²) >= 11 is 0. The van der Waals surface area contributed by atoms with Crippen LogP contribution in [0.3, 0.4) is 0 Å². The molecule has 112 valence electrons. The molecule has 1 amide bonds. The van der Waals surface area contributed by atoms with Gasteiger partial charge in [0.05, 0.1) is 12.5 Å². The van der Waals surface area contributed by atoms with Crippen LogP contribution < -0.4 is 5.73 Å². The lowest BCUT2D eigenvalue weighted by molar-refractivity contribution is -0.121. The van der Waals surface area contributed by atoms with E-state index in [1.807, 2.05) is 45.9 Å². The standard InChI is InChI=1S/C16H25NO3/c1-9(2)11-6-5-7-12(10(3)4)15(11)16(20)13(18)8-14(17)19/h5-7,9-10,13,16,18,20H,8H2,1-4H3,(H2,17,19). The van der Waals surface area contributed by atoms with Gasteiger partial charge in [-0.1, -0.05) is 45.9 Å². The number of hydrogen-bond donors (Lipinski definition) is 3. The molecule has 0 radical (unpaired) electrons. The SMILES string of the molecule is CC(C)c1cccc(C(C)C)c1C(O)C(O)CC(N)=O. The highest BCUT2D eigenvalue weighted by atomic mass is 16.3. The molecule has 0 bridgehead atoms. The van der Waals surface area contributed by atoms with E-state index in [2.05, 4.69) is 0 Å². The van der Waals surface area contributed by atoms with E-state index >= 15 is 0 Å². The number of carbonyl (C=O) groups excluding carboxylic acids is 1. The van der Waals surface area contributed by atoms with Crippen LogP contribution in [0, 0.1) is 0 Å². The monoisotopic (exact) mass is 279 g/mol. The molecule has 1 aromatic carbocycles. The normalized spacial score (nSPS) is 14.6. The fourth-order valence-corrected chi connectivity index (χ4v) is 2.46. The van der Waals surface area contributed by atoms with E-state index in [0.717, 1.165) is 16.7 Å². The van der Waals surface area contributed by atoms with Crippen molar-refractivity contribution in [1.29, 1.82) is 0 Å². The van der Waals surface area contributed by atoms with Gasteiger partial charge in [0.2, 0.25) is 5.91 Å². The van der Waals surface area contributed by atoms with Crippen molar-refractivity contribution in [3.05, 3.63) is 34.9 Å². The zero-order valence-corrected chi connectivity index (χ0v) is 12.6. The molecule has 0 heterocycles. The highest BCUT2D eigenvalue weighted by Crippen LogP contribution is 2.34. The molecule has 1 rings (SSSR count). The molecule has 1 aromatic rings. The van der Waals surface area contributed by atoms with Gasteiger partial charge in [-0.3, -0.25) is 4.79 Å². The van der Waals surface area contributed by atoms with Gasteiger partial charge in [-0.05, 0) is 28.5 Å². The van der Waals surface area contributed by atoms with Crippen molar-refractivity contribution in [2.45, 2.75) is 58.2 Å². The number of primary amides is 1. The van der Waals surface area contributed by atoms with Gasteiger partial charge in [-0.2, -0.15) is 0 Å². The number of nitrogens with two attached hydrogens (primary N) is 1. The summed E-state index contributed by atoms with van der Waals surface area (Å²) in [6.07, 6.45) is -2.52. The number of aliphatic hydroxyl groups is 2. The van der Waals surface area contributed by atoms with Gasteiger partial charge in [0, 0.05) is 0 Å². The Morgan fingerprint density at radius 1 is 1.10 bits per heavy atom. The van der Waals surface area contributed by atoms with Crippen molar-refractivity contribution in [3.8, 4) is 0 Å². The molecule has 4 heteroatoms. The molecule has 0 spiro atoms. The Balaban J connectivity index is 3.28. The second-order valence-electron chi connectivity index (χ2n) is 5.84. The second kappa shape index (κ2) is 6.86. The molecule has 4 N–H and O–H groups in total. The van der Waals surface area contributed by atoms with Gasteiger partial charge in [-0.25, -0.2) is 0 Å². The summed E-state index contributed by atoms with van der Waals surface area (Å²) in [6, 6.07) is 5.86. The number of benzene rings is 1. The molecule has 0 aliphatic heterocycles. The van der Waals surface area contributed by atoms with Crippen molar-refractivity contribution in [3.63, 3.8) is 0 Å². The van der Waals surface area contributed by atoms with Gasteiger partial charge in [-0.15, -0.1) is 0 Å². The highest BCUT2D eigenvalue weighted by Gasteiger charge is 2.26. The lowest BCUT2D eigenvalue weighted by Gasteiger charge is -2.26. The topological polar surface area (TPSA) is 83.6 Å². The smallest absolute Gasteiger partial charge is 0.220 e. The third kappa shape index (κ3) is 3.81. The minimum absolute atomic E-state index is 0.221. The summed E-state index contributed by atoms with van der Waals surface area (Å²) in [6.45, 7) is 8.15. The zero-order chi connectivity index (χ0) is 15.4. The van der Waals surface area contributed by atoms with E-state index in [4.69, 9.17) is 5.73 Å². The molecular formula is C16H25NO3. The van der Waals surface area contributed by atoms with E-state index in [1.54, 1.807) is 0 Å². The van der Waals surface area contributed by atoms with Crippen LogP contribution in [0.25, 0.3) is 0 Å². The van der Waals surface area contributed by atoms with Crippen LogP contribution in [0.15, 0.2) is 18.2 Å². The maximum atomic E-state index is 10.9. The molecule has 0 fully saturated rings. The molecule has 0 aliphatic rings.